The zero-order valence-electron chi connectivity index (χ0n) is 12.8. The molecule has 0 fully saturated rings. The van der Waals surface area contributed by atoms with Crippen LogP contribution < -0.4 is 0 Å². The minimum Gasteiger partial charge on any atom is -0.518 e. The SMILES string of the molecule is C/C=C(/OCC)O[Si](C(C)C)(C(C)C)C(C)C. The second kappa shape index (κ2) is 7.09. The van der Waals surface area contributed by atoms with E-state index in [2.05, 4.69) is 41.5 Å². The normalized spacial score (nSPS) is 13.7. The van der Waals surface area contributed by atoms with Gasteiger partial charge in [0.05, 0.1) is 6.61 Å². The van der Waals surface area contributed by atoms with E-state index in [0.717, 1.165) is 5.95 Å². The number of allylic oxidation sites excluding steroid dienone is 1. The molecule has 0 aromatic heterocycles. The van der Waals surface area contributed by atoms with E-state index in [4.69, 9.17) is 9.16 Å². The van der Waals surface area contributed by atoms with Crippen LogP contribution in [-0.2, 0) is 9.16 Å². The molecule has 0 aliphatic heterocycles. The van der Waals surface area contributed by atoms with Gasteiger partial charge in [-0.05, 0) is 36.5 Å². The molecular weight excluding hydrogens is 228 g/mol. The summed E-state index contributed by atoms with van der Waals surface area (Å²) in [5.41, 5.74) is 1.74. The number of ether oxygens (including phenoxy) is 1. The summed E-state index contributed by atoms with van der Waals surface area (Å²) in [7, 11) is -1.84. The van der Waals surface area contributed by atoms with Crippen molar-refractivity contribution in [1.29, 1.82) is 0 Å². The van der Waals surface area contributed by atoms with Crippen LogP contribution in [0.25, 0.3) is 0 Å². The fourth-order valence-corrected chi connectivity index (χ4v) is 8.07. The lowest BCUT2D eigenvalue weighted by Gasteiger charge is -2.42. The lowest BCUT2D eigenvalue weighted by Crippen LogP contribution is -2.47. The maximum atomic E-state index is 6.39. The molecule has 0 aliphatic rings. The molecule has 2 nitrogen and oxygen atoms in total. The zero-order valence-corrected chi connectivity index (χ0v) is 13.8. The van der Waals surface area contributed by atoms with Crippen molar-refractivity contribution in [2.24, 2.45) is 0 Å². The van der Waals surface area contributed by atoms with Gasteiger partial charge < -0.3 is 9.16 Å². The molecule has 0 aliphatic carbocycles. The van der Waals surface area contributed by atoms with E-state index in [1.54, 1.807) is 0 Å². The average Bonchev–Trinajstić information content (AvgIpc) is 2.22. The van der Waals surface area contributed by atoms with Crippen LogP contribution in [0.2, 0.25) is 16.6 Å². The van der Waals surface area contributed by atoms with Gasteiger partial charge in [-0.3, -0.25) is 0 Å². The number of hydrogen-bond acceptors (Lipinski definition) is 2. The molecule has 0 unspecified atom stereocenters. The standard InChI is InChI=1S/C14H30O2Si/c1-9-14(15-10-2)16-17(11(3)4,12(5)6)13(7)8/h9,11-13H,10H2,1-8H3/b14-9-. The first-order valence-electron chi connectivity index (χ1n) is 6.80. The summed E-state index contributed by atoms with van der Waals surface area (Å²) in [5.74, 6) is 0.718. The van der Waals surface area contributed by atoms with Gasteiger partial charge >= 0.3 is 0 Å². The van der Waals surface area contributed by atoms with E-state index in [1.165, 1.54) is 0 Å². The summed E-state index contributed by atoms with van der Waals surface area (Å²) in [6.07, 6.45) is 1.94. The highest BCUT2D eigenvalue weighted by molar-refractivity contribution is 6.77. The molecule has 0 heterocycles. The predicted molar refractivity (Wildman–Crippen MR) is 77.5 cm³/mol. The summed E-state index contributed by atoms with van der Waals surface area (Å²) in [6.45, 7) is 18.3. The van der Waals surface area contributed by atoms with Gasteiger partial charge in [-0.2, -0.15) is 0 Å². The highest BCUT2D eigenvalue weighted by atomic mass is 28.4. The van der Waals surface area contributed by atoms with Gasteiger partial charge in [-0.25, -0.2) is 0 Å². The fourth-order valence-electron chi connectivity index (χ4n) is 2.84. The molecule has 0 saturated carbocycles. The van der Waals surface area contributed by atoms with Crippen molar-refractivity contribution < 1.29 is 9.16 Å². The lowest BCUT2D eigenvalue weighted by atomic mass is 10.5. The Labute approximate surface area is 109 Å². The van der Waals surface area contributed by atoms with Crippen LogP contribution >= 0.6 is 0 Å². The Hall–Kier alpha value is -0.443. The third kappa shape index (κ3) is 3.77. The maximum Gasteiger partial charge on any atom is 0.262 e. The average molecular weight is 258 g/mol. The second-order valence-electron chi connectivity index (χ2n) is 5.46. The van der Waals surface area contributed by atoms with Crippen LogP contribution in [0.15, 0.2) is 12.0 Å². The van der Waals surface area contributed by atoms with Gasteiger partial charge in [-0.1, -0.05) is 41.5 Å². The molecule has 3 heteroatoms. The summed E-state index contributed by atoms with van der Waals surface area (Å²) >= 11 is 0. The van der Waals surface area contributed by atoms with Crippen molar-refractivity contribution in [2.75, 3.05) is 6.61 Å². The summed E-state index contributed by atoms with van der Waals surface area (Å²) < 4.78 is 12.0. The highest BCUT2D eigenvalue weighted by Gasteiger charge is 2.47. The van der Waals surface area contributed by atoms with Crippen LogP contribution in [0, 0.1) is 0 Å². The Kier molecular flexibility index (Phi) is 6.91. The molecule has 0 spiro atoms. The van der Waals surface area contributed by atoms with Gasteiger partial charge in [0.25, 0.3) is 14.3 Å². The van der Waals surface area contributed by atoms with Crippen molar-refractivity contribution in [1.82, 2.24) is 0 Å². The molecule has 0 radical (unpaired) electrons. The number of hydrogen-bond donors (Lipinski definition) is 0. The smallest absolute Gasteiger partial charge is 0.262 e. The highest BCUT2D eigenvalue weighted by Crippen LogP contribution is 2.43. The van der Waals surface area contributed by atoms with Gasteiger partial charge in [0, 0.05) is 0 Å². The quantitative estimate of drug-likeness (QED) is 0.468. The van der Waals surface area contributed by atoms with E-state index >= 15 is 0 Å². The van der Waals surface area contributed by atoms with Crippen molar-refractivity contribution in [3.05, 3.63) is 12.0 Å². The van der Waals surface area contributed by atoms with Crippen LogP contribution in [-0.4, -0.2) is 14.9 Å². The van der Waals surface area contributed by atoms with Crippen LogP contribution in [0.1, 0.15) is 55.4 Å². The third-order valence-electron chi connectivity index (χ3n) is 3.51. The third-order valence-corrected chi connectivity index (χ3v) is 9.48. The van der Waals surface area contributed by atoms with Crippen LogP contribution in [0.4, 0.5) is 0 Å². The topological polar surface area (TPSA) is 18.5 Å². The molecule has 0 bridgehead atoms. The molecule has 102 valence electrons. The number of rotatable bonds is 7. The Bertz CT molecular complexity index is 223. The molecule has 0 atom stereocenters. The maximum absolute atomic E-state index is 6.39. The summed E-state index contributed by atoms with van der Waals surface area (Å²) in [6, 6.07) is 0. The molecule has 0 aromatic carbocycles. The van der Waals surface area contributed by atoms with E-state index in [9.17, 15) is 0 Å². The largest absolute Gasteiger partial charge is 0.518 e. The lowest BCUT2D eigenvalue weighted by molar-refractivity contribution is 0.104. The Balaban J connectivity index is 5.18. The van der Waals surface area contributed by atoms with Gasteiger partial charge in [-0.15, -0.1) is 0 Å². The Morgan fingerprint density at radius 3 is 1.65 bits per heavy atom. The molecule has 0 N–H and O–H groups in total. The monoisotopic (exact) mass is 258 g/mol. The van der Waals surface area contributed by atoms with Gasteiger partial charge in [0.1, 0.15) is 0 Å². The van der Waals surface area contributed by atoms with Crippen LogP contribution in [0.5, 0.6) is 0 Å². The second-order valence-corrected chi connectivity index (χ2v) is 10.8. The van der Waals surface area contributed by atoms with E-state index in [1.807, 2.05) is 19.9 Å². The minimum absolute atomic E-state index is 0.581. The van der Waals surface area contributed by atoms with E-state index < -0.39 is 8.32 Å². The summed E-state index contributed by atoms with van der Waals surface area (Å²) in [4.78, 5) is 0. The van der Waals surface area contributed by atoms with Gasteiger partial charge in [0.15, 0.2) is 0 Å². The molecular formula is C14H30O2Si. The van der Waals surface area contributed by atoms with Crippen molar-refractivity contribution in [2.45, 2.75) is 72.0 Å². The molecule has 0 aromatic rings. The molecule has 17 heavy (non-hydrogen) atoms. The Morgan fingerprint density at radius 1 is 1.00 bits per heavy atom. The Morgan fingerprint density at radius 2 is 1.41 bits per heavy atom. The molecule has 0 amide bonds. The summed E-state index contributed by atoms with van der Waals surface area (Å²) in [5, 5.41) is 0. The molecule has 0 rings (SSSR count). The van der Waals surface area contributed by atoms with Crippen molar-refractivity contribution in [3.8, 4) is 0 Å². The van der Waals surface area contributed by atoms with E-state index in [0.29, 0.717) is 23.2 Å². The van der Waals surface area contributed by atoms with Crippen molar-refractivity contribution >= 4 is 8.32 Å². The van der Waals surface area contributed by atoms with Crippen molar-refractivity contribution in [3.63, 3.8) is 0 Å². The predicted octanol–water partition coefficient (Wildman–Crippen LogP) is 5.08. The first kappa shape index (κ1) is 16.6. The van der Waals surface area contributed by atoms with Crippen LogP contribution in [0.3, 0.4) is 0 Å². The minimum atomic E-state index is -1.84. The zero-order chi connectivity index (χ0) is 13.6. The van der Waals surface area contributed by atoms with Gasteiger partial charge in [0.2, 0.25) is 0 Å². The van der Waals surface area contributed by atoms with E-state index in [-0.39, 0.29) is 0 Å². The fraction of sp³-hybridized carbons (Fsp3) is 0.857. The first-order chi connectivity index (χ1) is 7.82. The first-order valence-corrected chi connectivity index (χ1v) is 8.94. The molecule has 0 saturated heterocycles.